The van der Waals surface area contributed by atoms with Crippen molar-refractivity contribution in [3.8, 4) is 0 Å². The average Bonchev–Trinajstić information content (AvgIpc) is 2.86. The van der Waals surface area contributed by atoms with E-state index in [4.69, 9.17) is 4.74 Å². The number of esters is 1. The number of imide groups is 1. The molecule has 1 aliphatic heterocycles. The average molecular weight is 338 g/mol. The van der Waals surface area contributed by atoms with E-state index >= 15 is 0 Å². The summed E-state index contributed by atoms with van der Waals surface area (Å²) in [6.45, 7) is 1.77. The maximum absolute atomic E-state index is 12.9. The molecule has 1 aliphatic rings. The lowest BCUT2D eigenvalue weighted by Gasteiger charge is -2.22. The summed E-state index contributed by atoms with van der Waals surface area (Å²) in [5, 5.41) is 2.76. The van der Waals surface area contributed by atoms with Gasteiger partial charge in [0.1, 0.15) is 5.54 Å². The first-order chi connectivity index (χ1) is 12.0. The van der Waals surface area contributed by atoms with Crippen molar-refractivity contribution in [2.45, 2.75) is 19.0 Å². The van der Waals surface area contributed by atoms with Gasteiger partial charge in [0.2, 0.25) is 0 Å². The van der Waals surface area contributed by atoms with Crippen molar-refractivity contribution in [3.63, 3.8) is 0 Å². The van der Waals surface area contributed by atoms with Gasteiger partial charge in [-0.15, -0.1) is 0 Å². The molecule has 1 N–H and O–H groups in total. The van der Waals surface area contributed by atoms with Crippen LogP contribution in [0.1, 0.15) is 28.4 Å². The maximum atomic E-state index is 12.9. The first-order valence-corrected chi connectivity index (χ1v) is 7.82. The van der Waals surface area contributed by atoms with Crippen LogP contribution in [0.25, 0.3) is 0 Å². The van der Waals surface area contributed by atoms with Crippen LogP contribution in [0, 0.1) is 0 Å². The Morgan fingerprint density at radius 3 is 2.52 bits per heavy atom. The Morgan fingerprint density at radius 1 is 1.12 bits per heavy atom. The summed E-state index contributed by atoms with van der Waals surface area (Å²) in [6.07, 6.45) is 0. The van der Waals surface area contributed by atoms with E-state index < -0.39 is 17.5 Å². The molecule has 1 saturated heterocycles. The Hall–Kier alpha value is -3.15. The molecule has 0 saturated carbocycles. The molecule has 3 amide bonds. The number of hydrogen-bond donors (Lipinski definition) is 1. The van der Waals surface area contributed by atoms with Gasteiger partial charge in [-0.2, -0.15) is 0 Å². The van der Waals surface area contributed by atoms with Crippen molar-refractivity contribution >= 4 is 17.9 Å². The molecule has 25 heavy (non-hydrogen) atoms. The molecular weight excluding hydrogens is 320 g/mol. The standard InChI is InChI=1S/C19H18N2O4/c1-19(15-9-4-3-5-10-15)17(23)21(18(24)20-19)12-13-7-6-8-14(11-13)16(22)25-2/h3-11H,12H2,1-2H3,(H,20,24)/t19-/m1/s1. The fourth-order valence-electron chi connectivity index (χ4n) is 2.90. The minimum absolute atomic E-state index is 0.0813. The molecule has 0 bridgehead atoms. The Morgan fingerprint density at radius 2 is 1.84 bits per heavy atom. The molecule has 3 rings (SSSR count). The molecule has 0 unspecified atom stereocenters. The van der Waals surface area contributed by atoms with Crippen molar-refractivity contribution in [1.82, 2.24) is 10.2 Å². The number of carbonyl (C=O) groups excluding carboxylic acids is 3. The lowest BCUT2D eigenvalue weighted by molar-refractivity contribution is -0.131. The topological polar surface area (TPSA) is 75.7 Å². The normalized spacial score (nSPS) is 19.7. The second kappa shape index (κ2) is 6.39. The molecular formula is C19H18N2O4. The molecule has 1 heterocycles. The lowest BCUT2D eigenvalue weighted by atomic mass is 9.92. The number of nitrogens with one attached hydrogen (secondary N) is 1. The van der Waals surface area contributed by atoms with Gasteiger partial charge in [0.15, 0.2) is 0 Å². The SMILES string of the molecule is COC(=O)c1cccc(CN2C(=O)N[C@](C)(c3ccccc3)C2=O)c1. The number of rotatable bonds is 4. The molecule has 1 atom stereocenters. The number of benzene rings is 2. The van der Waals surface area contributed by atoms with Crippen LogP contribution in [-0.4, -0.2) is 29.9 Å². The largest absolute Gasteiger partial charge is 0.465 e. The van der Waals surface area contributed by atoms with Crippen molar-refractivity contribution < 1.29 is 19.1 Å². The number of ether oxygens (including phenoxy) is 1. The van der Waals surface area contributed by atoms with Gasteiger partial charge in [-0.1, -0.05) is 42.5 Å². The quantitative estimate of drug-likeness (QED) is 0.686. The molecule has 2 aromatic carbocycles. The van der Waals surface area contributed by atoms with E-state index in [1.54, 1.807) is 43.3 Å². The van der Waals surface area contributed by atoms with Gasteiger partial charge in [-0.3, -0.25) is 9.69 Å². The van der Waals surface area contributed by atoms with Crippen LogP contribution in [0.5, 0.6) is 0 Å². The number of hydrogen-bond acceptors (Lipinski definition) is 4. The zero-order valence-corrected chi connectivity index (χ0v) is 14.0. The first kappa shape index (κ1) is 16.7. The third-order valence-corrected chi connectivity index (χ3v) is 4.31. The van der Waals surface area contributed by atoms with Gasteiger partial charge in [-0.25, -0.2) is 9.59 Å². The monoisotopic (exact) mass is 338 g/mol. The molecule has 0 spiro atoms. The van der Waals surface area contributed by atoms with Crippen LogP contribution in [-0.2, 0) is 21.6 Å². The number of carbonyl (C=O) groups is 3. The Kier molecular flexibility index (Phi) is 4.27. The second-order valence-electron chi connectivity index (χ2n) is 6.00. The Labute approximate surface area is 145 Å². The summed E-state index contributed by atoms with van der Waals surface area (Å²) in [4.78, 5) is 38.0. The van der Waals surface area contributed by atoms with Crippen LogP contribution in [0.2, 0.25) is 0 Å². The summed E-state index contributed by atoms with van der Waals surface area (Å²) < 4.78 is 4.70. The fraction of sp³-hybridized carbons (Fsp3) is 0.211. The van der Waals surface area contributed by atoms with E-state index in [1.807, 2.05) is 18.2 Å². The summed E-state index contributed by atoms with van der Waals surface area (Å²) >= 11 is 0. The molecule has 2 aromatic rings. The molecule has 128 valence electrons. The van der Waals surface area contributed by atoms with E-state index in [-0.39, 0.29) is 12.5 Å². The molecule has 6 heteroatoms. The van der Waals surface area contributed by atoms with E-state index in [0.717, 1.165) is 10.5 Å². The third kappa shape index (κ3) is 2.98. The van der Waals surface area contributed by atoms with Crippen LogP contribution in [0.3, 0.4) is 0 Å². The van der Waals surface area contributed by atoms with Gasteiger partial charge in [-0.05, 0) is 30.2 Å². The number of methoxy groups -OCH3 is 1. The molecule has 0 aromatic heterocycles. The molecule has 1 fully saturated rings. The first-order valence-electron chi connectivity index (χ1n) is 7.82. The number of nitrogens with zero attached hydrogens (tertiary/aromatic N) is 1. The van der Waals surface area contributed by atoms with Gasteiger partial charge in [0.25, 0.3) is 5.91 Å². The highest BCUT2D eigenvalue weighted by atomic mass is 16.5. The highest BCUT2D eigenvalue weighted by molar-refractivity contribution is 6.07. The van der Waals surface area contributed by atoms with Crippen LogP contribution in [0.15, 0.2) is 54.6 Å². The lowest BCUT2D eigenvalue weighted by Crippen LogP contribution is -2.40. The van der Waals surface area contributed by atoms with Crippen molar-refractivity contribution in [1.29, 1.82) is 0 Å². The highest BCUT2D eigenvalue weighted by Gasteiger charge is 2.48. The predicted octanol–water partition coefficient (Wildman–Crippen LogP) is 2.44. The zero-order valence-electron chi connectivity index (χ0n) is 14.0. The van der Waals surface area contributed by atoms with Gasteiger partial charge < -0.3 is 10.1 Å². The van der Waals surface area contributed by atoms with Crippen LogP contribution < -0.4 is 5.32 Å². The number of amides is 3. The molecule has 0 aliphatic carbocycles. The highest BCUT2D eigenvalue weighted by Crippen LogP contribution is 2.29. The Bertz CT molecular complexity index is 834. The van der Waals surface area contributed by atoms with Crippen molar-refractivity contribution in [2.75, 3.05) is 7.11 Å². The second-order valence-corrected chi connectivity index (χ2v) is 6.00. The van der Waals surface area contributed by atoms with E-state index in [1.165, 1.54) is 7.11 Å². The zero-order chi connectivity index (χ0) is 18.0. The summed E-state index contributed by atoms with van der Waals surface area (Å²) in [6, 6.07) is 15.3. The summed E-state index contributed by atoms with van der Waals surface area (Å²) in [5.41, 5.74) is 0.666. The minimum Gasteiger partial charge on any atom is -0.465 e. The van der Waals surface area contributed by atoms with E-state index in [2.05, 4.69) is 5.32 Å². The van der Waals surface area contributed by atoms with E-state index in [9.17, 15) is 14.4 Å². The van der Waals surface area contributed by atoms with Gasteiger partial charge in [0, 0.05) is 0 Å². The van der Waals surface area contributed by atoms with Crippen LogP contribution in [0.4, 0.5) is 4.79 Å². The summed E-state index contributed by atoms with van der Waals surface area (Å²) in [5.74, 6) is -0.791. The van der Waals surface area contributed by atoms with E-state index in [0.29, 0.717) is 11.1 Å². The smallest absolute Gasteiger partial charge is 0.337 e. The Balaban J connectivity index is 1.86. The summed E-state index contributed by atoms with van der Waals surface area (Å²) in [7, 11) is 1.30. The fourth-order valence-corrected chi connectivity index (χ4v) is 2.90. The van der Waals surface area contributed by atoms with Crippen molar-refractivity contribution in [2.24, 2.45) is 0 Å². The maximum Gasteiger partial charge on any atom is 0.337 e. The van der Waals surface area contributed by atoms with Gasteiger partial charge >= 0.3 is 12.0 Å². The molecule has 6 nitrogen and oxygen atoms in total. The number of urea groups is 1. The molecule has 0 radical (unpaired) electrons. The van der Waals surface area contributed by atoms with Gasteiger partial charge in [0.05, 0.1) is 19.2 Å². The van der Waals surface area contributed by atoms with Crippen molar-refractivity contribution in [3.05, 3.63) is 71.3 Å². The predicted molar refractivity (Wildman–Crippen MR) is 90.7 cm³/mol. The minimum atomic E-state index is -1.10. The van der Waals surface area contributed by atoms with Crippen LogP contribution >= 0.6 is 0 Å². The third-order valence-electron chi connectivity index (χ3n) is 4.31.